The quantitative estimate of drug-likeness (QED) is 0.560. The lowest BCUT2D eigenvalue weighted by molar-refractivity contribution is 0.00290. The number of fused-ring (bicyclic) bond motifs is 1. The maximum Gasteiger partial charge on any atom is 0.138 e. The minimum absolute atomic E-state index is 0.346. The van der Waals surface area contributed by atoms with E-state index in [0.29, 0.717) is 11.5 Å². The first-order chi connectivity index (χ1) is 15.3. The van der Waals surface area contributed by atoms with Crippen molar-refractivity contribution in [1.29, 1.82) is 0 Å². The van der Waals surface area contributed by atoms with Gasteiger partial charge < -0.3 is 4.90 Å². The molecule has 6 rings (SSSR count). The van der Waals surface area contributed by atoms with Gasteiger partial charge in [0.1, 0.15) is 11.6 Å². The van der Waals surface area contributed by atoms with Crippen molar-refractivity contribution in [3.05, 3.63) is 78.1 Å². The largest absolute Gasteiger partial charge is 0.303 e. The number of pyridine rings is 2. The van der Waals surface area contributed by atoms with Crippen molar-refractivity contribution in [3.63, 3.8) is 0 Å². The Morgan fingerprint density at radius 3 is 2.42 bits per heavy atom. The molecule has 2 bridgehead atoms. The van der Waals surface area contributed by atoms with Crippen molar-refractivity contribution in [2.45, 2.75) is 50.0 Å². The first-order valence-electron chi connectivity index (χ1n) is 11.7. The van der Waals surface area contributed by atoms with Gasteiger partial charge in [-0.2, -0.15) is 0 Å². The molecular formula is C27H30N4. The fraction of sp³-hybridized carbons (Fsp3) is 0.407. The highest BCUT2D eigenvalue weighted by Crippen LogP contribution is 2.56. The molecule has 3 aliphatic rings. The Hall–Kier alpha value is -2.72. The Morgan fingerprint density at radius 2 is 1.71 bits per heavy atom. The molecule has 4 nitrogen and oxygen atoms in total. The van der Waals surface area contributed by atoms with Crippen molar-refractivity contribution in [2.24, 2.45) is 5.92 Å². The number of aromatic nitrogens is 2. The second-order valence-electron chi connectivity index (χ2n) is 9.56. The van der Waals surface area contributed by atoms with Gasteiger partial charge in [-0.3, -0.25) is 4.90 Å². The fourth-order valence-electron chi connectivity index (χ4n) is 6.68. The standard InChI is InChI=1S/C27H30N4/c1-30-17-14-27-13-5-2-8-22(27)24(30)18-20-11-12-21(19-23(20)27)31(25-9-3-6-15-28-25)26-10-4-7-16-29-26/h3-4,6-7,9-12,15-16,19,22,24H,2,5,8,13-14,17-18H2,1H3/t22-,24+,27+/m0/s1. The van der Waals surface area contributed by atoms with Crippen LogP contribution < -0.4 is 4.90 Å². The van der Waals surface area contributed by atoms with Crippen LogP contribution in [0.25, 0.3) is 0 Å². The molecule has 1 saturated heterocycles. The van der Waals surface area contributed by atoms with Crippen molar-refractivity contribution in [2.75, 3.05) is 18.5 Å². The first kappa shape index (κ1) is 19.0. The minimum Gasteiger partial charge on any atom is -0.303 e. The maximum absolute atomic E-state index is 4.68. The van der Waals surface area contributed by atoms with Crippen LogP contribution in [0.4, 0.5) is 17.3 Å². The van der Waals surface area contributed by atoms with Gasteiger partial charge in [0.05, 0.1) is 0 Å². The van der Waals surface area contributed by atoms with E-state index in [2.05, 4.69) is 57.1 Å². The number of hydrogen-bond acceptors (Lipinski definition) is 4. The van der Waals surface area contributed by atoms with Gasteiger partial charge in [0.25, 0.3) is 0 Å². The number of nitrogens with zero attached hydrogens (tertiary/aromatic N) is 4. The number of piperidine rings is 1. The van der Waals surface area contributed by atoms with Crippen LogP contribution >= 0.6 is 0 Å². The Balaban J connectivity index is 1.51. The average Bonchev–Trinajstić information content (AvgIpc) is 2.83. The van der Waals surface area contributed by atoms with Gasteiger partial charge in [-0.25, -0.2) is 9.97 Å². The molecule has 31 heavy (non-hydrogen) atoms. The fourth-order valence-corrected chi connectivity index (χ4v) is 6.68. The van der Waals surface area contributed by atoms with E-state index in [4.69, 9.17) is 0 Å². The van der Waals surface area contributed by atoms with Crippen LogP contribution in [-0.4, -0.2) is 34.5 Å². The van der Waals surface area contributed by atoms with Crippen molar-refractivity contribution < 1.29 is 0 Å². The van der Waals surface area contributed by atoms with Gasteiger partial charge in [0.2, 0.25) is 0 Å². The molecule has 2 aromatic heterocycles. The summed E-state index contributed by atoms with van der Waals surface area (Å²) < 4.78 is 0. The monoisotopic (exact) mass is 410 g/mol. The molecular weight excluding hydrogens is 380 g/mol. The van der Waals surface area contributed by atoms with Crippen LogP contribution in [-0.2, 0) is 11.8 Å². The van der Waals surface area contributed by atoms with Crippen molar-refractivity contribution in [3.8, 4) is 0 Å². The summed E-state index contributed by atoms with van der Waals surface area (Å²) in [5.41, 5.74) is 4.68. The molecule has 0 radical (unpaired) electrons. The first-order valence-corrected chi connectivity index (χ1v) is 11.7. The van der Waals surface area contributed by atoms with E-state index < -0.39 is 0 Å². The minimum atomic E-state index is 0.346. The molecule has 4 heteroatoms. The van der Waals surface area contributed by atoms with E-state index in [1.54, 1.807) is 11.1 Å². The Labute approximate surface area is 185 Å². The molecule has 158 valence electrons. The summed E-state index contributed by atoms with van der Waals surface area (Å²) in [4.78, 5) is 14.2. The van der Waals surface area contributed by atoms with E-state index in [1.807, 2.05) is 36.7 Å². The summed E-state index contributed by atoms with van der Waals surface area (Å²) in [7, 11) is 2.34. The zero-order valence-corrected chi connectivity index (χ0v) is 18.2. The van der Waals surface area contributed by atoms with Gasteiger partial charge in [-0.05, 0) is 92.7 Å². The smallest absolute Gasteiger partial charge is 0.138 e. The molecule has 3 aromatic rings. The summed E-state index contributed by atoms with van der Waals surface area (Å²) in [5, 5.41) is 0. The molecule has 1 aliphatic heterocycles. The lowest BCUT2D eigenvalue weighted by atomic mass is 9.52. The number of likely N-dealkylation sites (N-methyl/N-ethyl adjacent to an activating group) is 1. The second kappa shape index (κ2) is 7.45. The lowest BCUT2D eigenvalue weighted by Gasteiger charge is -2.58. The zero-order chi connectivity index (χ0) is 20.8. The highest BCUT2D eigenvalue weighted by Gasteiger charge is 2.53. The van der Waals surface area contributed by atoms with E-state index >= 15 is 0 Å². The number of benzene rings is 1. The molecule has 0 spiro atoms. The zero-order valence-electron chi connectivity index (χ0n) is 18.2. The highest BCUT2D eigenvalue weighted by atomic mass is 15.2. The Morgan fingerprint density at radius 1 is 0.935 bits per heavy atom. The summed E-state index contributed by atoms with van der Waals surface area (Å²) in [6.07, 6.45) is 11.7. The van der Waals surface area contributed by atoms with Gasteiger partial charge >= 0.3 is 0 Å². The van der Waals surface area contributed by atoms with Gasteiger partial charge in [-0.15, -0.1) is 0 Å². The van der Waals surface area contributed by atoms with Gasteiger partial charge in [-0.1, -0.05) is 31.0 Å². The normalized spacial score (nSPS) is 27.3. The third-order valence-electron chi connectivity index (χ3n) is 8.11. The van der Waals surface area contributed by atoms with Crippen LogP contribution in [0.5, 0.6) is 0 Å². The predicted octanol–water partition coefficient (Wildman–Crippen LogP) is 5.63. The SMILES string of the molecule is CN1CC[C@]23CCCC[C@H]2[C@H]1Cc1ccc(N(c2ccccn2)c2ccccn2)cc13. The summed E-state index contributed by atoms with van der Waals surface area (Å²) >= 11 is 0. The van der Waals surface area contributed by atoms with Gasteiger partial charge in [0.15, 0.2) is 0 Å². The topological polar surface area (TPSA) is 32.3 Å². The molecule has 0 unspecified atom stereocenters. The number of anilines is 3. The maximum atomic E-state index is 4.68. The average molecular weight is 411 g/mol. The molecule has 1 saturated carbocycles. The third kappa shape index (κ3) is 3.00. The van der Waals surface area contributed by atoms with Gasteiger partial charge in [0, 0.05) is 29.5 Å². The molecule has 2 fully saturated rings. The molecule has 2 aliphatic carbocycles. The number of rotatable bonds is 3. The number of hydrogen-bond donors (Lipinski definition) is 0. The molecule has 1 aromatic carbocycles. The van der Waals surface area contributed by atoms with Crippen LogP contribution in [0.1, 0.15) is 43.2 Å². The molecule has 3 atom stereocenters. The molecule has 3 heterocycles. The van der Waals surface area contributed by atoms with E-state index in [0.717, 1.165) is 17.6 Å². The van der Waals surface area contributed by atoms with E-state index in [1.165, 1.54) is 50.8 Å². The number of likely N-dealkylation sites (tertiary alicyclic amines) is 1. The molecule has 0 amide bonds. The summed E-state index contributed by atoms with van der Waals surface area (Å²) in [5.74, 6) is 2.62. The van der Waals surface area contributed by atoms with Crippen LogP contribution in [0.2, 0.25) is 0 Å². The second-order valence-corrected chi connectivity index (χ2v) is 9.56. The highest BCUT2D eigenvalue weighted by molar-refractivity contribution is 5.73. The lowest BCUT2D eigenvalue weighted by Crippen LogP contribution is -2.59. The summed E-state index contributed by atoms with van der Waals surface area (Å²) in [6, 6.07) is 20.0. The van der Waals surface area contributed by atoms with Crippen LogP contribution in [0.3, 0.4) is 0 Å². The summed E-state index contributed by atoms with van der Waals surface area (Å²) in [6.45, 7) is 1.22. The van der Waals surface area contributed by atoms with Crippen LogP contribution in [0.15, 0.2) is 67.0 Å². The van der Waals surface area contributed by atoms with Crippen LogP contribution in [0, 0.1) is 5.92 Å². The Bertz CT molecular complexity index is 1030. The Kier molecular flexibility index (Phi) is 4.57. The third-order valence-corrected chi connectivity index (χ3v) is 8.11. The van der Waals surface area contributed by atoms with E-state index in [9.17, 15) is 0 Å². The molecule has 0 N–H and O–H groups in total. The van der Waals surface area contributed by atoms with E-state index in [-0.39, 0.29) is 0 Å². The van der Waals surface area contributed by atoms with Crippen molar-refractivity contribution >= 4 is 17.3 Å². The predicted molar refractivity (Wildman–Crippen MR) is 125 cm³/mol. The van der Waals surface area contributed by atoms with Crippen molar-refractivity contribution in [1.82, 2.24) is 14.9 Å².